The van der Waals surface area contributed by atoms with Gasteiger partial charge in [-0.25, -0.2) is 4.99 Å². The number of benzene rings is 3. The molecule has 1 N–H and O–H groups in total. The highest BCUT2D eigenvalue weighted by molar-refractivity contribution is 8.18. The van der Waals surface area contributed by atoms with Crippen LogP contribution in [0.5, 0.6) is 5.75 Å². The summed E-state index contributed by atoms with van der Waals surface area (Å²) in [5.74, 6) is 0.275. The van der Waals surface area contributed by atoms with Crippen LogP contribution < -0.4 is 10.1 Å². The summed E-state index contributed by atoms with van der Waals surface area (Å²) in [5, 5.41) is 4.76. The summed E-state index contributed by atoms with van der Waals surface area (Å²) in [6.45, 7) is 2.35. The molecule has 1 saturated heterocycles. The number of amidine groups is 1. The number of carbonyl (C=O) groups is 1. The lowest BCUT2D eigenvalue weighted by molar-refractivity contribution is -0.137. The van der Waals surface area contributed by atoms with Gasteiger partial charge in [0.1, 0.15) is 5.75 Å². The number of rotatable bonds is 4. The molecule has 3 aromatic rings. The molecule has 4 rings (SSSR count). The van der Waals surface area contributed by atoms with Crippen LogP contribution in [0.3, 0.4) is 0 Å². The van der Waals surface area contributed by atoms with E-state index in [1.165, 1.54) is 12.1 Å². The summed E-state index contributed by atoms with van der Waals surface area (Å²) < 4.78 is 44.5. The lowest BCUT2D eigenvalue weighted by Crippen LogP contribution is -2.19. The van der Waals surface area contributed by atoms with Crippen LogP contribution >= 0.6 is 11.8 Å². The third-order valence-electron chi connectivity index (χ3n) is 4.56. The van der Waals surface area contributed by atoms with E-state index in [4.69, 9.17) is 4.74 Å². The minimum absolute atomic E-state index is 0.110. The monoisotopic (exact) mass is 442 g/mol. The molecule has 0 atom stereocenters. The van der Waals surface area contributed by atoms with Crippen molar-refractivity contribution < 1.29 is 22.7 Å². The van der Waals surface area contributed by atoms with E-state index in [2.05, 4.69) is 10.3 Å². The number of hydrogen-bond donors (Lipinski definition) is 1. The van der Waals surface area contributed by atoms with E-state index < -0.39 is 11.7 Å². The van der Waals surface area contributed by atoms with Crippen LogP contribution in [0.2, 0.25) is 0 Å². The zero-order chi connectivity index (χ0) is 22.0. The molecule has 158 valence electrons. The van der Waals surface area contributed by atoms with E-state index in [1.807, 2.05) is 43.3 Å². The molecule has 0 unspecified atom stereocenters. The molecule has 1 heterocycles. The molecule has 4 nitrogen and oxygen atoms in total. The molecular formula is C23H17F3N2O2S. The largest absolute Gasteiger partial charge is 0.493 e. The molecule has 0 radical (unpaired) electrons. The predicted molar refractivity (Wildman–Crippen MR) is 117 cm³/mol. The van der Waals surface area contributed by atoms with Crippen molar-refractivity contribution in [3.8, 4) is 5.75 Å². The molecule has 3 aromatic carbocycles. The van der Waals surface area contributed by atoms with Gasteiger partial charge in [-0.05, 0) is 59.8 Å². The maximum Gasteiger partial charge on any atom is 0.416 e. The summed E-state index contributed by atoms with van der Waals surface area (Å²) in [6.07, 6.45) is -2.74. The number of nitrogens with one attached hydrogen (secondary N) is 1. The van der Waals surface area contributed by atoms with Crippen molar-refractivity contribution in [3.63, 3.8) is 0 Å². The van der Waals surface area contributed by atoms with Crippen molar-refractivity contribution in [1.29, 1.82) is 0 Å². The molecule has 0 spiro atoms. The van der Waals surface area contributed by atoms with Gasteiger partial charge < -0.3 is 10.1 Å². The van der Waals surface area contributed by atoms with E-state index >= 15 is 0 Å². The Morgan fingerprint density at radius 2 is 1.90 bits per heavy atom. The van der Waals surface area contributed by atoms with Crippen molar-refractivity contribution in [2.24, 2.45) is 4.99 Å². The number of aliphatic imine (C=N–C) groups is 1. The van der Waals surface area contributed by atoms with Gasteiger partial charge in [0.05, 0.1) is 22.8 Å². The zero-order valence-electron chi connectivity index (χ0n) is 16.4. The van der Waals surface area contributed by atoms with Crippen LogP contribution in [0.15, 0.2) is 70.6 Å². The van der Waals surface area contributed by atoms with Gasteiger partial charge in [-0.15, -0.1) is 0 Å². The van der Waals surface area contributed by atoms with Gasteiger partial charge in [-0.2, -0.15) is 13.2 Å². The Balaban J connectivity index is 1.69. The van der Waals surface area contributed by atoms with Crippen molar-refractivity contribution >= 4 is 45.4 Å². The average Bonchev–Trinajstić information content (AvgIpc) is 3.08. The van der Waals surface area contributed by atoms with Gasteiger partial charge in [0.2, 0.25) is 0 Å². The quantitative estimate of drug-likeness (QED) is 0.493. The molecule has 0 saturated carbocycles. The van der Waals surface area contributed by atoms with Crippen LogP contribution in [-0.2, 0) is 11.0 Å². The number of alkyl halides is 3. The fourth-order valence-electron chi connectivity index (χ4n) is 3.19. The minimum atomic E-state index is -4.46. The van der Waals surface area contributed by atoms with Crippen LogP contribution in [-0.4, -0.2) is 17.7 Å². The van der Waals surface area contributed by atoms with E-state index in [0.29, 0.717) is 17.3 Å². The fourth-order valence-corrected chi connectivity index (χ4v) is 4.01. The van der Waals surface area contributed by atoms with Crippen molar-refractivity contribution in [1.82, 2.24) is 5.32 Å². The number of halogens is 3. The Hall–Kier alpha value is -3.26. The van der Waals surface area contributed by atoms with Crippen LogP contribution in [0.4, 0.5) is 18.9 Å². The highest BCUT2D eigenvalue weighted by atomic mass is 32.2. The van der Waals surface area contributed by atoms with Crippen LogP contribution in [0.1, 0.15) is 18.1 Å². The number of fused-ring (bicyclic) bond motifs is 1. The van der Waals surface area contributed by atoms with Gasteiger partial charge in [0.25, 0.3) is 5.91 Å². The molecule has 1 amide bonds. The van der Waals surface area contributed by atoms with E-state index in [1.54, 1.807) is 6.08 Å². The Labute approximate surface area is 180 Å². The van der Waals surface area contributed by atoms with Crippen molar-refractivity contribution in [2.75, 3.05) is 6.61 Å². The number of carbonyl (C=O) groups excluding carboxylic acids is 1. The van der Waals surface area contributed by atoms with E-state index in [-0.39, 0.29) is 16.8 Å². The SMILES string of the molecule is CCOc1ccc2ccccc2c1/C=C1\SC(=Nc2cccc(C(F)(F)F)c2)NC1=O. The summed E-state index contributed by atoms with van der Waals surface area (Å²) in [5.41, 5.74) is 0.0773. The van der Waals surface area contributed by atoms with Gasteiger partial charge in [0.15, 0.2) is 5.17 Å². The van der Waals surface area contributed by atoms with Gasteiger partial charge in [-0.3, -0.25) is 4.79 Å². The molecule has 8 heteroatoms. The summed E-state index contributed by atoms with van der Waals surface area (Å²) in [7, 11) is 0. The number of amides is 1. The smallest absolute Gasteiger partial charge is 0.416 e. The van der Waals surface area contributed by atoms with Gasteiger partial charge >= 0.3 is 6.18 Å². The first kappa shape index (κ1) is 21.0. The Bertz CT molecular complexity index is 1220. The maximum atomic E-state index is 12.9. The summed E-state index contributed by atoms with van der Waals surface area (Å²) in [4.78, 5) is 17.1. The average molecular weight is 442 g/mol. The third-order valence-corrected chi connectivity index (χ3v) is 5.47. The Morgan fingerprint density at radius 3 is 2.68 bits per heavy atom. The molecule has 1 fully saturated rings. The number of hydrogen-bond acceptors (Lipinski definition) is 4. The molecule has 1 aliphatic rings. The second-order valence-corrected chi connectivity index (χ2v) is 7.69. The first-order chi connectivity index (χ1) is 14.8. The second-order valence-electron chi connectivity index (χ2n) is 6.66. The molecule has 0 aromatic heterocycles. The molecule has 0 aliphatic carbocycles. The van der Waals surface area contributed by atoms with Crippen molar-refractivity contribution in [2.45, 2.75) is 13.1 Å². The lowest BCUT2D eigenvalue weighted by Gasteiger charge is -2.11. The van der Waals surface area contributed by atoms with Crippen molar-refractivity contribution in [3.05, 3.63) is 76.7 Å². The summed E-state index contributed by atoms with van der Waals surface area (Å²) in [6, 6.07) is 16.2. The Morgan fingerprint density at radius 1 is 1.10 bits per heavy atom. The fraction of sp³-hybridized carbons (Fsp3) is 0.130. The maximum absolute atomic E-state index is 12.9. The van der Waals surface area contributed by atoms with Crippen LogP contribution in [0, 0.1) is 0 Å². The highest BCUT2D eigenvalue weighted by Crippen LogP contribution is 2.36. The first-order valence-corrected chi connectivity index (χ1v) is 10.3. The summed E-state index contributed by atoms with van der Waals surface area (Å²) >= 11 is 1.07. The Kier molecular flexibility index (Phi) is 5.73. The molecule has 1 aliphatic heterocycles. The normalized spacial score (nSPS) is 16.8. The van der Waals surface area contributed by atoms with Crippen LogP contribution in [0.25, 0.3) is 16.8 Å². The highest BCUT2D eigenvalue weighted by Gasteiger charge is 2.31. The topological polar surface area (TPSA) is 50.7 Å². The first-order valence-electron chi connectivity index (χ1n) is 9.46. The number of ether oxygens (including phenoxy) is 1. The minimum Gasteiger partial charge on any atom is -0.493 e. The second kappa shape index (κ2) is 8.47. The molecule has 31 heavy (non-hydrogen) atoms. The molecule has 0 bridgehead atoms. The standard InChI is InChI=1S/C23H17F3N2O2S/c1-2-30-19-11-10-14-6-3-4-9-17(14)18(19)13-20-21(29)28-22(31-20)27-16-8-5-7-15(12-16)23(24,25)26/h3-13H,2H2,1H3,(H,27,28,29)/b20-13-. The van der Waals surface area contributed by atoms with E-state index in [9.17, 15) is 18.0 Å². The number of thioether (sulfide) groups is 1. The lowest BCUT2D eigenvalue weighted by atomic mass is 10.0. The number of nitrogens with zero attached hydrogens (tertiary/aromatic N) is 1. The van der Waals surface area contributed by atoms with E-state index in [0.717, 1.165) is 40.2 Å². The van der Waals surface area contributed by atoms with Gasteiger partial charge in [-0.1, -0.05) is 36.4 Å². The van der Waals surface area contributed by atoms with Gasteiger partial charge in [0, 0.05) is 5.56 Å². The zero-order valence-corrected chi connectivity index (χ0v) is 17.2. The third kappa shape index (κ3) is 4.59. The predicted octanol–water partition coefficient (Wildman–Crippen LogP) is 6.15. The molecular weight excluding hydrogens is 425 g/mol.